The minimum atomic E-state index is -0.786. The van der Waals surface area contributed by atoms with Crippen LogP contribution < -0.4 is 19.5 Å². The second kappa shape index (κ2) is 8.27. The van der Waals surface area contributed by atoms with Crippen LogP contribution in [-0.4, -0.2) is 38.9 Å². The molecule has 6 nitrogen and oxygen atoms in total. The van der Waals surface area contributed by atoms with Crippen molar-refractivity contribution in [1.82, 2.24) is 5.32 Å². The first-order valence-corrected chi connectivity index (χ1v) is 6.33. The van der Waals surface area contributed by atoms with Crippen molar-refractivity contribution in [2.75, 3.05) is 27.9 Å². The maximum atomic E-state index is 10.4. The average molecular weight is 283 g/mol. The summed E-state index contributed by atoms with van der Waals surface area (Å²) in [5.41, 5.74) is 0.881. The van der Waals surface area contributed by atoms with E-state index in [0.29, 0.717) is 36.8 Å². The predicted molar refractivity (Wildman–Crippen MR) is 74.7 cm³/mol. The molecule has 0 aliphatic rings. The van der Waals surface area contributed by atoms with Gasteiger partial charge in [-0.25, -0.2) is 0 Å². The van der Waals surface area contributed by atoms with Gasteiger partial charge >= 0.3 is 5.97 Å². The summed E-state index contributed by atoms with van der Waals surface area (Å²) in [6.07, 6.45) is 0.736. The van der Waals surface area contributed by atoms with Crippen molar-refractivity contribution in [1.29, 1.82) is 0 Å². The van der Waals surface area contributed by atoms with Gasteiger partial charge in [-0.3, -0.25) is 4.79 Å². The third kappa shape index (κ3) is 4.62. The second-order valence-electron chi connectivity index (χ2n) is 4.18. The van der Waals surface area contributed by atoms with E-state index in [2.05, 4.69) is 5.32 Å². The smallest absolute Gasteiger partial charge is 0.303 e. The van der Waals surface area contributed by atoms with Crippen molar-refractivity contribution < 1.29 is 24.1 Å². The molecule has 0 atom stereocenters. The number of methoxy groups -OCH3 is 3. The number of benzene rings is 1. The SMILES string of the molecule is COc1cc(OC)c(CNCCCC(=O)O)c(OC)c1. The molecule has 0 aromatic heterocycles. The number of carbonyl (C=O) groups is 1. The van der Waals surface area contributed by atoms with Crippen LogP contribution in [0.25, 0.3) is 0 Å². The quantitative estimate of drug-likeness (QED) is 0.671. The first-order valence-electron chi connectivity index (χ1n) is 6.33. The number of hydrogen-bond donors (Lipinski definition) is 2. The molecule has 112 valence electrons. The molecule has 0 saturated carbocycles. The molecule has 0 bridgehead atoms. The molecule has 0 aliphatic heterocycles. The molecule has 20 heavy (non-hydrogen) atoms. The summed E-state index contributed by atoms with van der Waals surface area (Å²) < 4.78 is 15.8. The molecule has 0 saturated heterocycles. The van der Waals surface area contributed by atoms with Crippen LogP contribution >= 0.6 is 0 Å². The van der Waals surface area contributed by atoms with E-state index >= 15 is 0 Å². The maximum absolute atomic E-state index is 10.4. The van der Waals surface area contributed by atoms with Crippen molar-refractivity contribution in [2.24, 2.45) is 0 Å². The zero-order valence-electron chi connectivity index (χ0n) is 12.1. The number of hydrogen-bond acceptors (Lipinski definition) is 5. The zero-order valence-corrected chi connectivity index (χ0v) is 12.1. The van der Waals surface area contributed by atoms with Gasteiger partial charge in [0.2, 0.25) is 0 Å². The summed E-state index contributed by atoms with van der Waals surface area (Å²) >= 11 is 0. The lowest BCUT2D eigenvalue weighted by atomic mass is 10.1. The maximum Gasteiger partial charge on any atom is 0.303 e. The molecule has 2 N–H and O–H groups in total. The minimum absolute atomic E-state index is 0.157. The molecule has 6 heteroatoms. The standard InChI is InChI=1S/C14H21NO5/c1-18-10-7-12(19-2)11(13(8-10)20-3)9-15-6-4-5-14(16)17/h7-8,15H,4-6,9H2,1-3H3,(H,16,17). The topological polar surface area (TPSA) is 77.0 Å². The van der Waals surface area contributed by atoms with Gasteiger partial charge in [0.05, 0.1) is 26.9 Å². The van der Waals surface area contributed by atoms with E-state index in [1.54, 1.807) is 33.5 Å². The first-order chi connectivity index (χ1) is 9.62. The Morgan fingerprint density at radius 3 is 2.20 bits per heavy atom. The van der Waals surface area contributed by atoms with Gasteiger partial charge in [-0.2, -0.15) is 0 Å². The zero-order chi connectivity index (χ0) is 15.0. The largest absolute Gasteiger partial charge is 0.496 e. The van der Waals surface area contributed by atoms with Gasteiger partial charge in [0, 0.05) is 25.1 Å². The van der Waals surface area contributed by atoms with E-state index in [-0.39, 0.29) is 6.42 Å². The van der Waals surface area contributed by atoms with Gasteiger partial charge in [0.15, 0.2) is 0 Å². The molecular weight excluding hydrogens is 262 g/mol. The Bertz CT molecular complexity index is 422. The molecule has 0 fully saturated rings. The van der Waals surface area contributed by atoms with Gasteiger partial charge in [-0.05, 0) is 13.0 Å². The highest BCUT2D eigenvalue weighted by atomic mass is 16.5. The Kier molecular flexibility index (Phi) is 6.66. The van der Waals surface area contributed by atoms with Crippen LogP contribution in [0.5, 0.6) is 17.2 Å². The summed E-state index contributed by atoms with van der Waals surface area (Å²) in [5, 5.41) is 11.8. The van der Waals surface area contributed by atoms with E-state index in [1.807, 2.05) is 0 Å². The Labute approximate surface area is 118 Å². The Morgan fingerprint density at radius 2 is 1.75 bits per heavy atom. The molecule has 0 amide bonds. The fraction of sp³-hybridized carbons (Fsp3) is 0.500. The summed E-state index contributed by atoms with van der Waals surface area (Å²) in [6.45, 7) is 1.15. The van der Waals surface area contributed by atoms with Crippen LogP contribution in [0.15, 0.2) is 12.1 Å². The van der Waals surface area contributed by atoms with E-state index < -0.39 is 5.97 Å². The van der Waals surface area contributed by atoms with Crippen molar-refractivity contribution in [2.45, 2.75) is 19.4 Å². The third-order valence-electron chi connectivity index (χ3n) is 2.86. The normalized spacial score (nSPS) is 10.2. The lowest BCUT2D eigenvalue weighted by Gasteiger charge is -2.15. The van der Waals surface area contributed by atoms with Crippen molar-refractivity contribution in [3.8, 4) is 17.2 Å². The highest BCUT2D eigenvalue weighted by Gasteiger charge is 2.12. The van der Waals surface area contributed by atoms with Crippen molar-refractivity contribution in [3.63, 3.8) is 0 Å². The van der Waals surface area contributed by atoms with Crippen LogP contribution in [-0.2, 0) is 11.3 Å². The Hall–Kier alpha value is -1.95. The van der Waals surface area contributed by atoms with Gasteiger partial charge < -0.3 is 24.6 Å². The number of nitrogens with one attached hydrogen (secondary N) is 1. The van der Waals surface area contributed by atoms with Crippen LogP contribution in [0, 0.1) is 0 Å². The molecule has 0 unspecified atom stereocenters. The van der Waals surface area contributed by atoms with Crippen molar-refractivity contribution in [3.05, 3.63) is 17.7 Å². The van der Waals surface area contributed by atoms with Gasteiger partial charge in [0.1, 0.15) is 17.2 Å². The number of carboxylic acid groups (broad SMARTS) is 1. The van der Waals surface area contributed by atoms with Crippen LogP contribution in [0.2, 0.25) is 0 Å². The molecule has 0 heterocycles. The summed E-state index contributed by atoms with van der Waals surface area (Å²) in [6, 6.07) is 3.58. The molecule has 1 rings (SSSR count). The number of carboxylic acids is 1. The summed E-state index contributed by atoms with van der Waals surface area (Å²) in [7, 11) is 4.75. The summed E-state index contributed by atoms with van der Waals surface area (Å²) in [4.78, 5) is 10.4. The van der Waals surface area contributed by atoms with E-state index in [1.165, 1.54) is 0 Å². The number of rotatable bonds is 9. The molecule has 1 aromatic carbocycles. The molecule has 1 aromatic rings. The van der Waals surface area contributed by atoms with E-state index in [0.717, 1.165) is 5.56 Å². The number of aliphatic carboxylic acids is 1. The van der Waals surface area contributed by atoms with Crippen LogP contribution in [0.3, 0.4) is 0 Å². The third-order valence-corrected chi connectivity index (χ3v) is 2.86. The molecule has 0 aliphatic carbocycles. The Morgan fingerprint density at radius 1 is 1.15 bits per heavy atom. The summed E-state index contributed by atoms with van der Waals surface area (Å²) in [5.74, 6) is 1.22. The highest BCUT2D eigenvalue weighted by Crippen LogP contribution is 2.33. The fourth-order valence-electron chi connectivity index (χ4n) is 1.83. The van der Waals surface area contributed by atoms with Gasteiger partial charge in [-0.1, -0.05) is 0 Å². The lowest BCUT2D eigenvalue weighted by molar-refractivity contribution is -0.137. The fourth-order valence-corrected chi connectivity index (χ4v) is 1.83. The second-order valence-corrected chi connectivity index (χ2v) is 4.18. The average Bonchev–Trinajstić information content (AvgIpc) is 2.46. The van der Waals surface area contributed by atoms with Crippen LogP contribution in [0.4, 0.5) is 0 Å². The van der Waals surface area contributed by atoms with Gasteiger partial charge in [-0.15, -0.1) is 0 Å². The molecular formula is C14H21NO5. The Balaban J connectivity index is 2.69. The lowest BCUT2D eigenvalue weighted by Crippen LogP contribution is -2.17. The molecule has 0 radical (unpaired) electrons. The predicted octanol–water partition coefficient (Wildman–Crippen LogP) is 1.67. The van der Waals surface area contributed by atoms with Crippen LogP contribution in [0.1, 0.15) is 18.4 Å². The van der Waals surface area contributed by atoms with E-state index in [4.69, 9.17) is 19.3 Å². The van der Waals surface area contributed by atoms with Gasteiger partial charge in [0.25, 0.3) is 0 Å². The number of ether oxygens (including phenoxy) is 3. The monoisotopic (exact) mass is 283 g/mol. The molecule has 0 spiro atoms. The first kappa shape index (κ1) is 16.1. The van der Waals surface area contributed by atoms with E-state index in [9.17, 15) is 4.79 Å². The van der Waals surface area contributed by atoms with Crippen molar-refractivity contribution >= 4 is 5.97 Å². The highest BCUT2D eigenvalue weighted by molar-refractivity contribution is 5.66. The minimum Gasteiger partial charge on any atom is -0.496 e.